The summed E-state index contributed by atoms with van der Waals surface area (Å²) in [5.74, 6) is 1.04. The van der Waals surface area contributed by atoms with Gasteiger partial charge in [-0.05, 0) is 42.7 Å². The lowest BCUT2D eigenvalue weighted by atomic mass is 10.1. The van der Waals surface area contributed by atoms with E-state index in [1.54, 1.807) is 12.1 Å². The first-order valence-electron chi connectivity index (χ1n) is 7.51. The second-order valence-electron chi connectivity index (χ2n) is 5.62. The molecule has 2 rings (SSSR count). The lowest BCUT2D eigenvalue weighted by Gasteiger charge is -2.17. The minimum absolute atomic E-state index is 0.0102. The molecule has 0 bridgehead atoms. The molecule has 1 atom stereocenters. The van der Waals surface area contributed by atoms with Crippen molar-refractivity contribution in [2.24, 2.45) is 5.73 Å². The van der Waals surface area contributed by atoms with Crippen LogP contribution in [0, 0.1) is 0 Å². The van der Waals surface area contributed by atoms with Gasteiger partial charge in [0.25, 0.3) is 0 Å². The fourth-order valence-corrected chi connectivity index (χ4v) is 2.39. The number of nitrogens with two attached hydrogens (primary N) is 1. The van der Waals surface area contributed by atoms with Crippen LogP contribution in [0.2, 0.25) is 0 Å². The summed E-state index contributed by atoms with van der Waals surface area (Å²) in [7, 11) is 1.52. The molecular formula is C18H20F3NO2. The maximum Gasteiger partial charge on any atom is 0.416 e. The third kappa shape index (κ3) is 4.64. The standard InChI is InChI=1S/C18H20F3NO2/c1-12(22)9-14-6-4-8-16(23-2)17(14)24-11-13-5-3-7-15(10-13)18(19,20)21/h3-8,10,12H,9,11,22H2,1-2H3. The van der Waals surface area contributed by atoms with Crippen LogP contribution < -0.4 is 15.2 Å². The van der Waals surface area contributed by atoms with E-state index in [9.17, 15) is 13.2 Å². The maximum atomic E-state index is 12.8. The number of para-hydroxylation sites is 1. The summed E-state index contributed by atoms with van der Waals surface area (Å²) in [6.07, 6.45) is -3.80. The molecule has 0 heterocycles. The number of alkyl halides is 3. The van der Waals surface area contributed by atoms with Crippen LogP contribution >= 0.6 is 0 Å². The Hall–Kier alpha value is -2.21. The average Bonchev–Trinajstić information content (AvgIpc) is 2.52. The molecular weight excluding hydrogens is 319 g/mol. The fourth-order valence-electron chi connectivity index (χ4n) is 2.39. The second-order valence-corrected chi connectivity index (χ2v) is 5.62. The number of methoxy groups -OCH3 is 1. The summed E-state index contributed by atoms with van der Waals surface area (Å²) in [6.45, 7) is 1.88. The molecule has 1 unspecified atom stereocenters. The molecule has 3 nitrogen and oxygen atoms in total. The summed E-state index contributed by atoms with van der Waals surface area (Å²) in [5.41, 5.74) is 6.43. The van der Waals surface area contributed by atoms with Crippen molar-refractivity contribution in [3.63, 3.8) is 0 Å². The van der Waals surface area contributed by atoms with Crippen molar-refractivity contribution in [3.8, 4) is 11.5 Å². The van der Waals surface area contributed by atoms with Crippen molar-refractivity contribution < 1.29 is 22.6 Å². The van der Waals surface area contributed by atoms with Gasteiger partial charge in [0.1, 0.15) is 6.61 Å². The fraction of sp³-hybridized carbons (Fsp3) is 0.333. The van der Waals surface area contributed by atoms with Crippen LogP contribution in [0.3, 0.4) is 0 Å². The van der Waals surface area contributed by atoms with E-state index in [1.807, 2.05) is 19.1 Å². The molecule has 0 spiro atoms. The van der Waals surface area contributed by atoms with E-state index in [0.29, 0.717) is 23.5 Å². The Labute approximate surface area is 139 Å². The molecule has 6 heteroatoms. The van der Waals surface area contributed by atoms with Gasteiger partial charge in [-0.3, -0.25) is 0 Å². The van der Waals surface area contributed by atoms with Crippen molar-refractivity contribution in [1.82, 2.24) is 0 Å². The van der Waals surface area contributed by atoms with Crippen LogP contribution in [0.15, 0.2) is 42.5 Å². The Morgan fingerprint density at radius 1 is 1.12 bits per heavy atom. The van der Waals surface area contributed by atoms with E-state index in [-0.39, 0.29) is 12.6 Å². The van der Waals surface area contributed by atoms with E-state index in [0.717, 1.165) is 17.7 Å². The van der Waals surface area contributed by atoms with Crippen LogP contribution in [-0.4, -0.2) is 13.2 Å². The van der Waals surface area contributed by atoms with Crippen molar-refractivity contribution in [2.75, 3.05) is 7.11 Å². The molecule has 0 aliphatic heterocycles. The Kier molecular flexibility index (Phi) is 5.72. The zero-order valence-corrected chi connectivity index (χ0v) is 13.6. The highest BCUT2D eigenvalue weighted by Gasteiger charge is 2.30. The number of hydrogen-bond donors (Lipinski definition) is 1. The molecule has 0 fully saturated rings. The summed E-state index contributed by atoms with van der Waals surface area (Å²) < 4.78 is 49.4. The van der Waals surface area contributed by atoms with Gasteiger partial charge in [-0.25, -0.2) is 0 Å². The molecule has 2 aromatic rings. The van der Waals surface area contributed by atoms with E-state index < -0.39 is 11.7 Å². The maximum absolute atomic E-state index is 12.8. The number of benzene rings is 2. The van der Waals surface area contributed by atoms with Crippen molar-refractivity contribution in [3.05, 3.63) is 59.2 Å². The molecule has 0 radical (unpaired) electrons. The molecule has 0 amide bonds. The first-order chi connectivity index (χ1) is 11.3. The van der Waals surface area contributed by atoms with Gasteiger partial charge in [-0.2, -0.15) is 13.2 Å². The van der Waals surface area contributed by atoms with E-state index in [1.165, 1.54) is 13.2 Å². The monoisotopic (exact) mass is 339 g/mol. The Bertz CT molecular complexity index is 684. The first kappa shape index (κ1) is 18.1. The third-order valence-corrected chi connectivity index (χ3v) is 3.46. The number of rotatable bonds is 6. The highest BCUT2D eigenvalue weighted by molar-refractivity contribution is 5.47. The minimum atomic E-state index is -4.37. The second kappa shape index (κ2) is 7.57. The number of halogens is 3. The summed E-state index contributed by atoms with van der Waals surface area (Å²) in [4.78, 5) is 0. The Morgan fingerprint density at radius 3 is 2.46 bits per heavy atom. The smallest absolute Gasteiger partial charge is 0.416 e. The average molecular weight is 339 g/mol. The third-order valence-electron chi connectivity index (χ3n) is 3.46. The molecule has 24 heavy (non-hydrogen) atoms. The van der Waals surface area contributed by atoms with Crippen molar-refractivity contribution in [2.45, 2.75) is 32.2 Å². The number of hydrogen-bond acceptors (Lipinski definition) is 3. The van der Waals surface area contributed by atoms with E-state index >= 15 is 0 Å². The zero-order valence-electron chi connectivity index (χ0n) is 13.6. The predicted octanol–water partition coefficient (Wildman–Crippen LogP) is 4.18. The lowest BCUT2D eigenvalue weighted by Crippen LogP contribution is -2.18. The van der Waals surface area contributed by atoms with Crippen molar-refractivity contribution >= 4 is 0 Å². The van der Waals surface area contributed by atoms with Crippen LogP contribution in [0.5, 0.6) is 11.5 Å². The van der Waals surface area contributed by atoms with Gasteiger partial charge >= 0.3 is 6.18 Å². The normalized spacial score (nSPS) is 12.8. The Balaban J connectivity index is 2.22. The quantitative estimate of drug-likeness (QED) is 0.858. The van der Waals surface area contributed by atoms with Crippen molar-refractivity contribution in [1.29, 1.82) is 0 Å². The highest BCUT2D eigenvalue weighted by Crippen LogP contribution is 2.33. The van der Waals surface area contributed by atoms with Gasteiger partial charge in [0.2, 0.25) is 0 Å². The molecule has 0 aromatic heterocycles. The molecule has 130 valence electrons. The number of ether oxygens (including phenoxy) is 2. The minimum Gasteiger partial charge on any atom is -0.493 e. The summed E-state index contributed by atoms with van der Waals surface area (Å²) >= 11 is 0. The van der Waals surface area contributed by atoms with Crippen LogP contribution in [0.25, 0.3) is 0 Å². The molecule has 0 saturated heterocycles. The van der Waals surface area contributed by atoms with Crippen LogP contribution in [0.1, 0.15) is 23.6 Å². The molecule has 2 N–H and O–H groups in total. The van der Waals surface area contributed by atoms with E-state index in [4.69, 9.17) is 15.2 Å². The summed E-state index contributed by atoms with van der Waals surface area (Å²) in [6, 6.07) is 10.4. The topological polar surface area (TPSA) is 44.5 Å². The van der Waals surface area contributed by atoms with Crippen LogP contribution in [-0.2, 0) is 19.2 Å². The molecule has 0 saturated carbocycles. The SMILES string of the molecule is COc1cccc(CC(C)N)c1OCc1cccc(C(F)(F)F)c1. The van der Waals surface area contributed by atoms with Gasteiger partial charge in [0, 0.05) is 6.04 Å². The lowest BCUT2D eigenvalue weighted by molar-refractivity contribution is -0.137. The zero-order chi connectivity index (χ0) is 17.7. The molecule has 0 aliphatic carbocycles. The van der Waals surface area contributed by atoms with E-state index in [2.05, 4.69) is 0 Å². The first-order valence-corrected chi connectivity index (χ1v) is 7.51. The largest absolute Gasteiger partial charge is 0.493 e. The van der Waals surface area contributed by atoms with Gasteiger partial charge in [0.15, 0.2) is 11.5 Å². The predicted molar refractivity (Wildman–Crippen MR) is 86.1 cm³/mol. The van der Waals surface area contributed by atoms with Gasteiger partial charge in [-0.15, -0.1) is 0 Å². The highest BCUT2D eigenvalue weighted by atomic mass is 19.4. The van der Waals surface area contributed by atoms with Gasteiger partial charge < -0.3 is 15.2 Å². The Morgan fingerprint density at radius 2 is 1.83 bits per heavy atom. The summed E-state index contributed by atoms with van der Waals surface area (Å²) in [5, 5.41) is 0. The van der Waals surface area contributed by atoms with Gasteiger partial charge in [0.05, 0.1) is 12.7 Å². The molecule has 2 aromatic carbocycles. The van der Waals surface area contributed by atoms with Gasteiger partial charge in [-0.1, -0.05) is 24.3 Å². The molecule has 0 aliphatic rings. The van der Waals surface area contributed by atoms with Crippen LogP contribution in [0.4, 0.5) is 13.2 Å².